The van der Waals surface area contributed by atoms with Crippen molar-refractivity contribution in [3.05, 3.63) is 45.9 Å². The Kier molecular flexibility index (Phi) is 7.25. The van der Waals surface area contributed by atoms with E-state index in [2.05, 4.69) is 24.1 Å². The van der Waals surface area contributed by atoms with Gasteiger partial charge in [0.05, 0.1) is 18.5 Å². The molecule has 0 atom stereocenters. The maximum atomic E-state index is 12.7. The van der Waals surface area contributed by atoms with Gasteiger partial charge in [-0.1, -0.05) is 32.0 Å². The van der Waals surface area contributed by atoms with E-state index in [0.717, 1.165) is 35.6 Å². The van der Waals surface area contributed by atoms with Crippen molar-refractivity contribution in [2.45, 2.75) is 45.6 Å². The first kappa shape index (κ1) is 21.3. The zero-order chi connectivity index (χ0) is 20.8. The Morgan fingerprint density at radius 3 is 2.69 bits per heavy atom. The minimum atomic E-state index is -0.116. The first-order valence-electron chi connectivity index (χ1n) is 10.1. The molecule has 1 N–H and O–H groups in total. The Bertz CT molecular complexity index is 841. The number of carbonyl (C=O) groups is 2. The van der Waals surface area contributed by atoms with Gasteiger partial charge in [0.25, 0.3) is 5.91 Å². The summed E-state index contributed by atoms with van der Waals surface area (Å²) in [7, 11) is 1.62. The molecule has 0 saturated carbocycles. The van der Waals surface area contributed by atoms with Crippen molar-refractivity contribution < 1.29 is 14.3 Å². The summed E-state index contributed by atoms with van der Waals surface area (Å²) in [6.07, 6.45) is 2.74. The number of nitrogens with one attached hydrogen (secondary N) is 1. The standard InChI is InChI=1S/C22H29N3O3S/c1-15(2)12-20-24-18(14-29-20)22(27)23-17-8-10-25(11-9-17)21(26)13-16-6-4-5-7-19(16)28-3/h4-7,14-15,17H,8-13H2,1-3H3,(H,23,27). The predicted molar refractivity (Wildman–Crippen MR) is 114 cm³/mol. The van der Waals surface area contributed by atoms with Crippen molar-refractivity contribution >= 4 is 23.2 Å². The highest BCUT2D eigenvalue weighted by Gasteiger charge is 2.25. The van der Waals surface area contributed by atoms with Gasteiger partial charge in [-0.05, 0) is 24.8 Å². The van der Waals surface area contributed by atoms with Gasteiger partial charge in [-0.15, -0.1) is 11.3 Å². The van der Waals surface area contributed by atoms with Crippen molar-refractivity contribution in [1.82, 2.24) is 15.2 Å². The van der Waals surface area contributed by atoms with Gasteiger partial charge in [0.2, 0.25) is 5.91 Å². The number of methoxy groups -OCH3 is 1. The summed E-state index contributed by atoms with van der Waals surface area (Å²) in [4.78, 5) is 31.5. The highest BCUT2D eigenvalue weighted by molar-refractivity contribution is 7.09. The summed E-state index contributed by atoms with van der Waals surface area (Å²) in [5.74, 6) is 1.24. The second-order valence-electron chi connectivity index (χ2n) is 7.84. The van der Waals surface area contributed by atoms with Crippen LogP contribution in [0.15, 0.2) is 29.6 Å². The molecule has 2 heterocycles. The Morgan fingerprint density at radius 2 is 2.00 bits per heavy atom. The maximum absolute atomic E-state index is 12.7. The Morgan fingerprint density at radius 1 is 1.28 bits per heavy atom. The molecular formula is C22H29N3O3S. The van der Waals surface area contributed by atoms with E-state index in [1.165, 1.54) is 0 Å². The van der Waals surface area contributed by atoms with Crippen LogP contribution in [-0.2, 0) is 17.6 Å². The average molecular weight is 416 g/mol. The number of hydrogen-bond donors (Lipinski definition) is 1. The lowest BCUT2D eigenvalue weighted by molar-refractivity contribution is -0.131. The molecule has 1 aliphatic rings. The predicted octanol–water partition coefficient (Wildman–Crippen LogP) is 3.31. The summed E-state index contributed by atoms with van der Waals surface area (Å²) in [5.41, 5.74) is 1.40. The number of aromatic nitrogens is 1. The molecule has 7 heteroatoms. The van der Waals surface area contributed by atoms with Crippen LogP contribution in [0.4, 0.5) is 0 Å². The van der Waals surface area contributed by atoms with Crippen LogP contribution in [0.2, 0.25) is 0 Å². The third-order valence-corrected chi connectivity index (χ3v) is 5.96. The molecule has 29 heavy (non-hydrogen) atoms. The molecule has 1 aliphatic heterocycles. The molecule has 0 unspecified atom stereocenters. The largest absolute Gasteiger partial charge is 0.496 e. The summed E-state index contributed by atoms with van der Waals surface area (Å²) in [6.45, 7) is 5.58. The molecule has 1 fully saturated rings. The van der Waals surface area contributed by atoms with Crippen LogP contribution in [0.3, 0.4) is 0 Å². The van der Waals surface area contributed by atoms with Gasteiger partial charge >= 0.3 is 0 Å². The number of para-hydroxylation sites is 1. The Labute approximate surface area is 176 Å². The van der Waals surface area contributed by atoms with Crippen LogP contribution in [0.25, 0.3) is 0 Å². The normalized spacial score (nSPS) is 14.8. The van der Waals surface area contributed by atoms with E-state index in [0.29, 0.717) is 31.1 Å². The number of piperidine rings is 1. The van der Waals surface area contributed by atoms with E-state index in [-0.39, 0.29) is 17.9 Å². The first-order valence-corrected chi connectivity index (χ1v) is 11.0. The summed E-state index contributed by atoms with van der Waals surface area (Å²) < 4.78 is 5.34. The molecule has 0 bridgehead atoms. The van der Waals surface area contributed by atoms with E-state index >= 15 is 0 Å². The topological polar surface area (TPSA) is 71.5 Å². The zero-order valence-corrected chi connectivity index (χ0v) is 18.1. The molecule has 2 aromatic rings. The SMILES string of the molecule is COc1ccccc1CC(=O)N1CCC(NC(=O)c2csc(CC(C)C)n2)CC1. The number of likely N-dealkylation sites (tertiary alicyclic amines) is 1. The first-order chi connectivity index (χ1) is 14.0. The fourth-order valence-corrected chi connectivity index (χ4v) is 4.50. The van der Waals surface area contributed by atoms with Crippen molar-refractivity contribution in [3.8, 4) is 5.75 Å². The maximum Gasteiger partial charge on any atom is 0.270 e. The van der Waals surface area contributed by atoms with Gasteiger partial charge in [-0.2, -0.15) is 0 Å². The number of thiazole rings is 1. The van der Waals surface area contributed by atoms with Crippen LogP contribution >= 0.6 is 11.3 Å². The molecule has 0 radical (unpaired) electrons. The molecule has 1 saturated heterocycles. The zero-order valence-electron chi connectivity index (χ0n) is 17.3. The lowest BCUT2D eigenvalue weighted by atomic mass is 10.0. The van der Waals surface area contributed by atoms with Gasteiger partial charge in [-0.3, -0.25) is 9.59 Å². The number of amides is 2. The highest BCUT2D eigenvalue weighted by atomic mass is 32.1. The quantitative estimate of drug-likeness (QED) is 0.753. The van der Waals surface area contributed by atoms with Crippen LogP contribution in [0.5, 0.6) is 5.75 Å². The van der Waals surface area contributed by atoms with Gasteiger partial charge in [0.1, 0.15) is 11.4 Å². The monoisotopic (exact) mass is 415 g/mol. The molecule has 2 amide bonds. The third-order valence-electron chi connectivity index (χ3n) is 5.08. The van der Waals surface area contributed by atoms with E-state index in [1.54, 1.807) is 18.4 Å². The molecule has 6 nitrogen and oxygen atoms in total. The van der Waals surface area contributed by atoms with Gasteiger partial charge < -0.3 is 15.0 Å². The second kappa shape index (κ2) is 9.87. The fraction of sp³-hybridized carbons (Fsp3) is 0.500. The van der Waals surface area contributed by atoms with E-state index in [9.17, 15) is 9.59 Å². The fourth-order valence-electron chi connectivity index (χ4n) is 3.51. The minimum absolute atomic E-state index is 0.0769. The van der Waals surface area contributed by atoms with Crippen molar-refractivity contribution in [2.75, 3.05) is 20.2 Å². The van der Waals surface area contributed by atoms with Crippen molar-refractivity contribution in [3.63, 3.8) is 0 Å². The summed E-state index contributed by atoms with van der Waals surface area (Å²) in [6, 6.07) is 7.68. The van der Waals surface area contributed by atoms with Crippen LogP contribution in [-0.4, -0.2) is 47.9 Å². The second-order valence-corrected chi connectivity index (χ2v) is 8.78. The van der Waals surface area contributed by atoms with Crippen molar-refractivity contribution in [1.29, 1.82) is 0 Å². The average Bonchev–Trinajstić information content (AvgIpc) is 3.17. The van der Waals surface area contributed by atoms with E-state index in [4.69, 9.17) is 4.74 Å². The molecule has 156 valence electrons. The minimum Gasteiger partial charge on any atom is -0.496 e. The number of carbonyl (C=O) groups excluding carboxylic acids is 2. The Hall–Kier alpha value is -2.41. The molecule has 0 aliphatic carbocycles. The number of benzene rings is 1. The molecule has 1 aromatic carbocycles. The number of nitrogens with zero attached hydrogens (tertiary/aromatic N) is 2. The lowest BCUT2D eigenvalue weighted by Gasteiger charge is -2.32. The van der Waals surface area contributed by atoms with Gasteiger partial charge in [0.15, 0.2) is 0 Å². The smallest absolute Gasteiger partial charge is 0.270 e. The highest BCUT2D eigenvalue weighted by Crippen LogP contribution is 2.20. The Balaban J connectivity index is 1.48. The van der Waals surface area contributed by atoms with Gasteiger partial charge in [-0.25, -0.2) is 4.98 Å². The van der Waals surface area contributed by atoms with Crippen LogP contribution < -0.4 is 10.1 Å². The van der Waals surface area contributed by atoms with Crippen LogP contribution in [0, 0.1) is 5.92 Å². The third kappa shape index (κ3) is 5.79. The molecule has 0 spiro atoms. The summed E-state index contributed by atoms with van der Waals surface area (Å²) >= 11 is 1.54. The van der Waals surface area contributed by atoms with E-state index < -0.39 is 0 Å². The van der Waals surface area contributed by atoms with E-state index in [1.807, 2.05) is 34.5 Å². The van der Waals surface area contributed by atoms with Crippen LogP contribution in [0.1, 0.15) is 47.7 Å². The molecular weight excluding hydrogens is 386 g/mol. The number of hydrogen-bond acceptors (Lipinski definition) is 5. The summed E-state index contributed by atoms with van der Waals surface area (Å²) in [5, 5.41) is 5.91. The molecule has 3 rings (SSSR count). The van der Waals surface area contributed by atoms with Gasteiger partial charge in [0, 0.05) is 36.5 Å². The number of ether oxygens (including phenoxy) is 1. The lowest BCUT2D eigenvalue weighted by Crippen LogP contribution is -2.47. The molecule has 1 aromatic heterocycles. The van der Waals surface area contributed by atoms with Crippen molar-refractivity contribution in [2.24, 2.45) is 5.92 Å². The number of rotatable bonds is 7.